The highest BCUT2D eigenvalue weighted by atomic mass is 79.9. The molecular weight excluding hydrogens is 254 g/mol. The van der Waals surface area contributed by atoms with Crippen LogP contribution < -0.4 is 10.5 Å². The molecule has 0 spiro atoms. The van der Waals surface area contributed by atoms with Crippen LogP contribution in [0.1, 0.15) is 25.3 Å². The number of methoxy groups -OCH3 is 1. The third kappa shape index (κ3) is 1.79. The zero-order valence-electron chi connectivity index (χ0n) is 9.09. The van der Waals surface area contributed by atoms with E-state index in [1.54, 1.807) is 7.11 Å². The van der Waals surface area contributed by atoms with E-state index < -0.39 is 0 Å². The number of hydrogen-bond acceptors (Lipinski definition) is 2. The van der Waals surface area contributed by atoms with Crippen molar-refractivity contribution in [3.8, 4) is 5.75 Å². The van der Waals surface area contributed by atoms with Gasteiger partial charge in [-0.25, -0.2) is 0 Å². The van der Waals surface area contributed by atoms with Crippen molar-refractivity contribution >= 4 is 15.9 Å². The third-order valence-electron chi connectivity index (χ3n) is 3.37. The van der Waals surface area contributed by atoms with Gasteiger partial charge < -0.3 is 10.5 Å². The van der Waals surface area contributed by atoms with Crippen LogP contribution in [0.15, 0.2) is 22.7 Å². The van der Waals surface area contributed by atoms with Crippen LogP contribution in [0.2, 0.25) is 0 Å². The maximum absolute atomic E-state index is 6.06. The lowest BCUT2D eigenvalue weighted by molar-refractivity contribution is 0.412. The van der Waals surface area contributed by atoms with Gasteiger partial charge in [-0.05, 0) is 43.5 Å². The fourth-order valence-electron chi connectivity index (χ4n) is 2.12. The Hall–Kier alpha value is -0.540. The van der Waals surface area contributed by atoms with Crippen LogP contribution in [0.3, 0.4) is 0 Å². The van der Waals surface area contributed by atoms with Crippen molar-refractivity contribution in [3.63, 3.8) is 0 Å². The number of hydrogen-bond donors (Lipinski definition) is 1. The molecule has 2 N–H and O–H groups in total. The molecule has 0 saturated heterocycles. The summed E-state index contributed by atoms with van der Waals surface area (Å²) in [5, 5.41) is 0. The van der Waals surface area contributed by atoms with Crippen molar-refractivity contribution in [2.24, 2.45) is 5.73 Å². The van der Waals surface area contributed by atoms with Gasteiger partial charge in [0.05, 0.1) is 7.11 Å². The van der Waals surface area contributed by atoms with E-state index in [-0.39, 0.29) is 11.5 Å². The van der Waals surface area contributed by atoms with Gasteiger partial charge in [-0.3, -0.25) is 0 Å². The highest BCUT2D eigenvalue weighted by Crippen LogP contribution is 2.53. The largest absolute Gasteiger partial charge is 0.497 e. The fraction of sp³-hybridized carbons (Fsp3) is 0.500. The Labute approximate surface area is 98.9 Å². The fourth-order valence-corrected chi connectivity index (χ4v) is 2.76. The van der Waals surface area contributed by atoms with Gasteiger partial charge in [-0.2, -0.15) is 0 Å². The minimum Gasteiger partial charge on any atom is -0.497 e. The maximum Gasteiger partial charge on any atom is 0.119 e. The summed E-state index contributed by atoms with van der Waals surface area (Å²) in [6.07, 6.45) is 2.35. The first-order valence-corrected chi connectivity index (χ1v) is 5.99. The molecule has 1 aromatic carbocycles. The Morgan fingerprint density at radius 1 is 1.47 bits per heavy atom. The van der Waals surface area contributed by atoms with E-state index in [0.29, 0.717) is 0 Å². The molecule has 1 saturated carbocycles. The molecule has 82 valence electrons. The SMILES string of the molecule is COc1ccc(Br)c(C2(C(C)N)CC2)c1. The minimum atomic E-state index is 0.174. The predicted molar refractivity (Wildman–Crippen MR) is 65.3 cm³/mol. The monoisotopic (exact) mass is 269 g/mol. The summed E-state index contributed by atoms with van der Waals surface area (Å²) < 4.78 is 6.39. The zero-order valence-corrected chi connectivity index (χ0v) is 10.7. The molecule has 0 aromatic heterocycles. The van der Waals surface area contributed by atoms with E-state index in [0.717, 1.165) is 10.2 Å². The lowest BCUT2D eigenvalue weighted by atomic mass is 9.89. The average Bonchev–Trinajstić information content (AvgIpc) is 2.99. The molecule has 1 atom stereocenters. The molecule has 0 bridgehead atoms. The average molecular weight is 270 g/mol. The number of ether oxygens (including phenoxy) is 1. The standard InChI is InChI=1S/C12H16BrNO/c1-8(14)12(5-6-12)10-7-9(15-2)3-4-11(10)13/h3-4,7-8H,5-6,14H2,1-2H3. The molecule has 1 aliphatic rings. The quantitative estimate of drug-likeness (QED) is 0.916. The lowest BCUT2D eigenvalue weighted by Crippen LogP contribution is -2.31. The number of benzene rings is 1. The van der Waals surface area contributed by atoms with Crippen molar-refractivity contribution < 1.29 is 4.74 Å². The Kier molecular flexibility index (Phi) is 2.77. The molecule has 1 aliphatic carbocycles. The second-order valence-electron chi connectivity index (χ2n) is 4.29. The van der Waals surface area contributed by atoms with Gasteiger partial charge in [-0.1, -0.05) is 15.9 Å². The highest BCUT2D eigenvalue weighted by molar-refractivity contribution is 9.10. The number of nitrogens with two attached hydrogens (primary N) is 1. The number of rotatable bonds is 3. The molecule has 1 fully saturated rings. The van der Waals surface area contributed by atoms with Gasteiger partial charge >= 0.3 is 0 Å². The van der Waals surface area contributed by atoms with Crippen LogP contribution in [0.25, 0.3) is 0 Å². The predicted octanol–water partition coefficient (Wildman–Crippen LogP) is 2.84. The first-order chi connectivity index (χ1) is 7.10. The normalized spacial score (nSPS) is 19.7. The van der Waals surface area contributed by atoms with E-state index in [2.05, 4.69) is 28.9 Å². The van der Waals surface area contributed by atoms with Gasteiger partial charge in [0.2, 0.25) is 0 Å². The summed E-state index contributed by atoms with van der Waals surface area (Å²) in [4.78, 5) is 0. The van der Waals surface area contributed by atoms with Crippen LogP contribution in [-0.4, -0.2) is 13.2 Å². The Morgan fingerprint density at radius 3 is 2.60 bits per heavy atom. The summed E-state index contributed by atoms with van der Waals surface area (Å²) in [7, 11) is 1.69. The Morgan fingerprint density at radius 2 is 2.13 bits per heavy atom. The summed E-state index contributed by atoms with van der Waals surface area (Å²) >= 11 is 3.59. The van der Waals surface area contributed by atoms with Crippen LogP contribution in [0, 0.1) is 0 Å². The van der Waals surface area contributed by atoms with E-state index in [1.165, 1.54) is 18.4 Å². The van der Waals surface area contributed by atoms with Crippen LogP contribution in [0.4, 0.5) is 0 Å². The van der Waals surface area contributed by atoms with E-state index >= 15 is 0 Å². The van der Waals surface area contributed by atoms with Gasteiger partial charge in [-0.15, -0.1) is 0 Å². The van der Waals surface area contributed by atoms with Gasteiger partial charge in [0.1, 0.15) is 5.75 Å². The number of halogens is 1. The molecule has 2 nitrogen and oxygen atoms in total. The first kappa shape index (κ1) is 11.0. The summed E-state index contributed by atoms with van der Waals surface area (Å²) in [6.45, 7) is 2.08. The van der Waals surface area contributed by atoms with Gasteiger partial charge in [0, 0.05) is 15.9 Å². The molecule has 15 heavy (non-hydrogen) atoms. The Bertz CT molecular complexity index is 372. The first-order valence-electron chi connectivity index (χ1n) is 5.20. The topological polar surface area (TPSA) is 35.2 Å². The molecule has 3 heteroatoms. The molecule has 0 heterocycles. The van der Waals surface area contributed by atoms with E-state index in [4.69, 9.17) is 10.5 Å². The summed E-state index contributed by atoms with van der Waals surface area (Å²) in [5.74, 6) is 0.903. The van der Waals surface area contributed by atoms with Gasteiger partial charge in [0.25, 0.3) is 0 Å². The molecule has 0 amide bonds. The van der Waals surface area contributed by atoms with Crippen molar-refractivity contribution in [1.82, 2.24) is 0 Å². The van der Waals surface area contributed by atoms with Crippen molar-refractivity contribution in [3.05, 3.63) is 28.2 Å². The van der Waals surface area contributed by atoms with Crippen LogP contribution in [-0.2, 0) is 5.41 Å². The van der Waals surface area contributed by atoms with Crippen molar-refractivity contribution in [2.75, 3.05) is 7.11 Å². The molecule has 0 radical (unpaired) electrons. The smallest absolute Gasteiger partial charge is 0.119 e. The van der Waals surface area contributed by atoms with E-state index in [1.807, 2.05) is 12.1 Å². The third-order valence-corrected chi connectivity index (χ3v) is 4.06. The highest BCUT2D eigenvalue weighted by Gasteiger charge is 2.48. The van der Waals surface area contributed by atoms with Crippen LogP contribution >= 0.6 is 15.9 Å². The lowest BCUT2D eigenvalue weighted by Gasteiger charge is -2.22. The van der Waals surface area contributed by atoms with Gasteiger partial charge in [0.15, 0.2) is 0 Å². The molecule has 0 aliphatic heterocycles. The maximum atomic E-state index is 6.06. The molecule has 1 aromatic rings. The van der Waals surface area contributed by atoms with Crippen LogP contribution in [0.5, 0.6) is 5.75 Å². The summed E-state index contributed by atoms with van der Waals surface area (Å²) in [6, 6.07) is 6.29. The molecule has 1 unspecified atom stereocenters. The minimum absolute atomic E-state index is 0.174. The second kappa shape index (κ2) is 3.80. The summed E-state index contributed by atoms with van der Waals surface area (Å²) in [5.41, 5.74) is 7.53. The zero-order chi connectivity index (χ0) is 11.1. The van der Waals surface area contributed by atoms with Crippen molar-refractivity contribution in [1.29, 1.82) is 0 Å². The molecular formula is C12H16BrNO. The second-order valence-corrected chi connectivity index (χ2v) is 5.14. The van der Waals surface area contributed by atoms with Crippen molar-refractivity contribution in [2.45, 2.75) is 31.2 Å². The van der Waals surface area contributed by atoms with E-state index in [9.17, 15) is 0 Å². The Balaban J connectivity index is 2.43. The molecule has 2 rings (SSSR count).